The highest BCUT2D eigenvalue weighted by molar-refractivity contribution is 5.42. The average molecular weight is 161 g/mol. The van der Waals surface area contributed by atoms with Crippen molar-refractivity contribution in [3.8, 4) is 0 Å². The van der Waals surface area contributed by atoms with Crippen molar-refractivity contribution < 1.29 is 14.6 Å². The van der Waals surface area contributed by atoms with Gasteiger partial charge in [0, 0.05) is 0 Å². The number of carbonyl (C=O) groups excluding carboxylic acids is 1. The van der Waals surface area contributed by atoms with Gasteiger partial charge in [0.05, 0.1) is 12.2 Å². The van der Waals surface area contributed by atoms with Crippen LogP contribution in [-0.2, 0) is 14.6 Å². The van der Waals surface area contributed by atoms with Crippen LogP contribution in [0.1, 0.15) is 26.7 Å². The maximum absolute atomic E-state index is 8.58. The lowest BCUT2D eigenvalue weighted by atomic mass is 10.0. The van der Waals surface area contributed by atoms with E-state index < -0.39 is 0 Å². The van der Waals surface area contributed by atoms with Crippen LogP contribution in [0.4, 0.5) is 0 Å². The van der Waals surface area contributed by atoms with E-state index in [2.05, 4.69) is 5.73 Å². The van der Waals surface area contributed by atoms with E-state index >= 15 is 0 Å². The molecule has 2 N–H and O–H groups in total. The minimum atomic E-state index is -0.0434. The predicted octanol–water partition coefficient (Wildman–Crippen LogP) is 0.609. The number of hydrogen-bond acceptors (Lipinski definition) is 3. The highest BCUT2D eigenvalue weighted by Crippen LogP contribution is 2.20. The molecular formula is C7H15NO3. The summed E-state index contributed by atoms with van der Waals surface area (Å²) in [6, 6.07) is 0. The van der Waals surface area contributed by atoms with E-state index in [-0.39, 0.29) is 12.0 Å². The molecule has 0 saturated carbocycles. The summed E-state index contributed by atoms with van der Waals surface area (Å²) in [6.07, 6.45) is 2.47. The van der Waals surface area contributed by atoms with Gasteiger partial charge in [0.25, 0.3) is 0 Å². The van der Waals surface area contributed by atoms with Gasteiger partial charge in [-0.25, -0.2) is 9.78 Å². The van der Waals surface area contributed by atoms with E-state index in [1.807, 2.05) is 13.8 Å². The van der Waals surface area contributed by atoms with E-state index in [0.717, 1.165) is 19.4 Å². The number of carbonyl (C=O) groups is 1. The van der Waals surface area contributed by atoms with Gasteiger partial charge in [-0.3, -0.25) is 4.79 Å². The Hall–Kier alpha value is -0.610. The quantitative estimate of drug-likeness (QED) is 0.418. The second-order valence-corrected chi connectivity index (χ2v) is 2.90. The Balaban J connectivity index is 0.000000292. The van der Waals surface area contributed by atoms with Gasteiger partial charge in [-0.2, -0.15) is 0 Å². The Bertz CT molecular complexity index is 106. The van der Waals surface area contributed by atoms with E-state index in [1.54, 1.807) is 0 Å². The topological polar surface area (TPSA) is 61.6 Å². The molecule has 4 heteroatoms. The monoisotopic (exact) mass is 161 g/mol. The van der Waals surface area contributed by atoms with Crippen LogP contribution in [0.15, 0.2) is 0 Å². The van der Waals surface area contributed by atoms with Crippen LogP contribution in [0.3, 0.4) is 0 Å². The maximum atomic E-state index is 8.58. The number of rotatable bonds is 0. The molecule has 1 rings (SSSR count). The van der Waals surface area contributed by atoms with E-state index in [9.17, 15) is 0 Å². The molecule has 11 heavy (non-hydrogen) atoms. The van der Waals surface area contributed by atoms with E-state index in [4.69, 9.17) is 14.6 Å². The average Bonchev–Trinajstić information content (AvgIpc) is 1.88. The van der Waals surface area contributed by atoms with E-state index in [0.29, 0.717) is 0 Å². The van der Waals surface area contributed by atoms with Gasteiger partial charge in [0.1, 0.15) is 0 Å². The molecule has 0 bridgehead atoms. The van der Waals surface area contributed by atoms with Crippen molar-refractivity contribution in [2.75, 3.05) is 6.61 Å². The molecule has 1 aliphatic heterocycles. The van der Waals surface area contributed by atoms with Gasteiger partial charge >= 0.3 is 0 Å². The van der Waals surface area contributed by atoms with Crippen molar-refractivity contribution in [3.63, 3.8) is 0 Å². The largest absolute Gasteiger partial charge is 0.372 e. The standard InChI is InChI=1S/C6H12O2.CH3NO/c1-6(2)4-3-5-7-8-6;2-1-3/h3-5H2,1-2H3;1H,(H2,2,3). The van der Waals surface area contributed by atoms with Gasteiger partial charge in [-0.05, 0) is 26.7 Å². The molecule has 0 aromatic rings. The van der Waals surface area contributed by atoms with Crippen LogP contribution < -0.4 is 5.73 Å². The molecule has 1 aliphatic rings. The van der Waals surface area contributed by atoms with Crippen LogP contribution in [0.25, 0.3) is 0 Å². The lowest BCUT2D eigenvalue weighted by Crippen LogP contribution is -2.29. The molecule has 0 aromatic carbocycles. The Labute approximate surface area is 66.6 Å². The van der Waals surface area contributed by atoms with Crippen molar-refractivity contribution in [3.05, 3.63) is 0 Å². The second-order valence-electron chi connectivity index (χ2n) is 2.90. The van der Waals surface area contributed by atoms with Crippen LogP contribution in [0.2, 0.25) is 0 Å². The van der Waals surface area contributed by atoms with Crippen LogP contribution in [0.5, 0.6) is 0 Å². The number of amides is 1. The van der Waals surface area contributed by atoms with Crippen molar-refractivity contribution in [2.45, 2.75) is 32.3 Å². The van der Waals surface area contributed by atoms with Crippen molar-refractivity contribution in [2.24, 2.45) is 5.73 Å². The Morgan fingerprint density at radius 3 is 2.27 bits per heavy atom. The zero-order valence-electron chi connectivity index (χ0n) is 7.00. The first-order chi connectivity index (χ1) is 5.12. The summed E-state index contributed by atoms with van der Waals surface area (Å²) in [5, 5.41) is 0. The van der Waals surface area contributed by atoms with Crippen LogP contribution in [0, 0.1) is 0 Å². The summed E-state index contributed by atoms with van der Waals surface area (Å²) in [7, 11) is 0. The Kier molecular flexibility index (Phi) is 4.81. The summed E-state index contributed by atoms with van der Waals surface area (Å²) in [5.74, 6) is 0. The third-order valence-corrected chi connectivity index (χ3v) is 1.29. The van der Waals surface area contributed by atoms with Crippen molar-refractivity contribution in [1.29, 1.82) is 0 Å². The molecule has 1 saturated heterocycles. The number of hydrogen-bond donors (Lipinski definition) is 1. The van der Waals surface area contributed by atoms with Gasteiger partial charge in [-0.15, -0.1) is 0 Å². The van der Waals surface area contributed by atoms with Gasteiger partial charge in [-0.1, -0.05) is 0 Å². The van der Waals surface area contributed by atoms with Crippen molar-refractivity contribution >= 4 is 6.41 Å². The number of nitrogens with two attached hydrogens (primary N) is 1. The second kappa shape index (κ2) is 5.09. The molecule has 1 fully saturated rings. The van der Waals surface area contributed by atoms with Crippen LogP contribution >= 0.6 is 0 Å². The summed E-state index contributed by atoms with van der Waals surface area (Å²) in [6.45, 7) is 4.82. The fourth-order valence-electron chi connectivity index (χ4n) is 0.800. The molecule has 0 spiro atoms. The highest BCUT2D eigenvalue weighted by atomic mass is 17.2. The molecule has 1 heterocycles. The molecule has 0 unspecified atom stereocenters. The Morgan fingerprint density at radius 1 is 1.55 bits per heavy atom. The number of primary amides is 1. The first-order valence-corrected chi connectivity index (χ1v) is 3.58. The smallest absolute Gasteiger partial charge is 0.204 e. The predicted molar refractivity (Wildman–Crippen MR) is 40.6 cm³/mol. The SMILES string of the molecule is CC1(C)CCCOO1.NC=O. The summed E-state index contributed by atoms with van der Waals surface area (Å²) >= 11 is 0. The first kappa shape index (κ1) is 10.4. The molecule has 0 atom stereocenters. The summed E-state index contributed by atoms with van der Waals surface area (Å²) in [5.41, 5.74) is 4.12. The minimum Gasteiger partial charge on any atom is -0.372 e. The van der Waals surface area contributed by atoms with E-state index in [1.165, 1.54) is 0 Å². The van der Waals surface area contributed by atoms with Gasteiger partial charge in [0.2, 0.25) is 6.41 Å². The summed E-state index contributed by atoms with van der Waals surface area (Å²) in [4.78, 5) is 18.3. The lowest BCUT2D eigenvalue weighted by molar-refractivity contribution is -0.374. The lowest BCUT2D eigenvalue weighted by Gasteiger charge is -2.27. The molecular weight excluding hydrogens is 146 g/mol. The highest BCUT2D eigenvalue weighted by Gasteiger charge is 2.22. The molecule has 1 amide bonds. The molecule has 0 aliphatic carbocycles. The molecule has 0 radical (unpaired) electrons. The third-order valence-electron chi connectivity index (χ3n) is 1.29. The van der Waals surface area contributed by atoms with Crippen molar-refractivity contribution in [1.82, 2.24) is 0 Å². The third kappa shape index (κ3) is 5.82. The van der Waals surface area contributed by atoms with Crippen LogP contribution in [-0.4, -0.2) is 18.6 Å². The van der Waals surface area contributed by atoms with Gasteiger partial charge in [0.15, 0.2) is 0 Å². The zero-order chi connectivity index (χ0) is 8.74. The fourth-order valence-corrected chi connectivity index (χ4v) is 0.800. The molecule has 4 nitrogen and oxygen atoms in total. The molecule has 0 aromatic heterocycles. The zero-order valence-corrected chi connectivity index (χ0v) is 7.00. The minimum absolute atomic E-state index is 0.0434. The summed E-state index contributed by atoms with van der Waals surface area (Å²) < 4.78 is 0. The first-order valence-electron chi connectivity index (χ1n) is 3.58. The Morgan fingerprint density at radius 2 is 2.09 bits per heavy atom. The van der Waals surface area contributed by atoms with Gasteiger partial charge < -0.3 is 5.73 Å². The normalized spacial score (nSPS) is 21.3. The fraction of sp³-hybridized carbons (Fsp3) is 0.857. The molecule has 66 valence electrons. The maximum Gasteiger partial charge on any atom is 0.204 e.